The first-order valence-corrected chi connectivity index (χ1v) is 6.66. The van der Waals surface area contributed by atoms with Gasteiger partial charge in [-0.1, -0.05) is 0 Å². The normalized spacial score (nSPS) is 11.2. The van der Waals surface area contributed by atoms with E-state index in [1.165, 1.54) is 18.2 Å². The zero-order chi connectivity index (χ0) is 16.8. The number of anilines is 2. The Labute approximate surface area is 131 Å². The highest BCUT2D eigenvalue weighted by Crippen LogP contribution is 2.26. The second-order valence-electron chi connectivity index (χ2n) is 4.88. The number of fused-ring (bicyclic) bond motifs is 2. The molecule has 2 aromatic heterocycles. The molecule has 0 aliphatic carbocycles. The van der Waals surface area contributed by atoms with E-state index in [1.807, 2.05) is 0 Å². The van der Waals surface area contributed by atoms with Crippen LogP contribution in [0.4, 0.5) is 20.8 Å². The number of hydrogen-bond donors (Lipinski definition) is 2. The Morgan fingerprint density at radius 2 is 1.67 bits per heavy atom. The maximum absolute atomic E-state index is 13.6. The maximum Gasteiger partial charge on any atom is 0.338 e. The number of carbonyl (C=O) groups is 1. The number of nitrogens with zero attached hydrogens (tertiary/aromatic N) is 2. The zero-order valence-electron chi connectivity index (χ0n) is 11.7. The molecule has 0 amide bonds. The van der Waals surface area contributed by atoms with Crippen LogP contribution >= 0.6 is 0 Å². The van der Waals surface area contributed by atoms with Gasteiger partial charge in [0.25, 0.3) is 0 Å². The van der Waals surface area contributed by atoms with Crippen LogP contribution in [0.3, 0.4) is 0 Å². The molecule has 0 saturated carbocycles. The van der Waals surface area contributed by atoms with E-state index in [-0.39, 0.29) is 23.1 Å². The first-order chi connectivity index (χ1) is 11.5. The predicted octanol–water partition coefficient (Wildman–Crippen LogP) is 3.69. The van der Waals surface area contributed by atoms with Crippen LogP contribution in [-0.2, 0) is 0 Å². The third-order valence-corrected chi connectivity index (χ3v) is 3.27. The van der Waals surface area contributed by atoms with Gasteiger partial charge in [-0.25, -0.2) is 13.6 Å². The molecule has 7 nitrogen and oxygen atoms in total. The molecule has 0 spiro atoms. The summed E-state index contributed by atoms with van der Waals surface area (Å²) in [6.45, 7) is 0. The van der Waals surface area contributed by atoms with Crippen LogP contribution in [0.15, 0.2) is 39.2 Å². The number of rotatable bonds is 3. The molecule has 2 N–H and O–H groups in total. The number of carboxylic acids is 1. The van der Waals surface area contributed by atoms with E-state index in [1.54, 1.807) is 0 Å². The first-order valence-electron chi connectivity index (χ1n) is 6.66. The smallest absolute Gasteiger partial charge is 0.338 e. The van der Waals surface area contributed by atoms with Gasteiger partial charge in [0.2, 0.25) is 0 Å². The number of nitrogens with one attached hydrogen (secondary N) is 1. The van der Waals surface area contributed by atoms with Crippen LogP contribution in [0.25, 0.3) is 22.2 Å². The first kappa shape index (κ1) is 14.1. The molecule has 0 unspecified atom stereocenters. The minimum atomic E-state index is -1.41. The number of halogens is 2. The van der Waals surface area contributed by atoms with Crippen molar-refractivity contribution in [2.75, 3.05) is 5.32 Å². The Bertz CT molecular complexity index is 1100. The zero-order valence-corrected chi connectivity index (χ0v) is 11.7. The summed E-state index contributed by atoms with van der Waals surface area (Å²) in [7, 11) is 0. The molecular formula is C15H7F2N3O4. The van der Waals surface area contributed by atoms with Gasteiger partial charge in [-0.15, -0.1) is 0 Å². The van der Waals surface area contributed by atoms with Gasteiger partial charge in [0, 0.05) is 12.1 Å². The van der Waals surface area contributed by atoms with Gasteiger partial charge >= 0.3 is 18.0 Å². The van der Waals surface area contributed by atoms with Crippen molar-refractivity contribution in [3.63, 3.8) is 0 Å². The molecule has 2 heterocycles. The molecule has 120 valence electrons. The molecule has 0 fully saturated rings. The fourth-order valence-corrected chi connectivity index (χ4v) is 2.21. The fourth-order valence-electron chi connectivity index (χ4n) is 2.21. The lowest BCUT2D eigenvalue weighted by Gasteiger charge is -1.95. The van der Waals surface area contributed by atoms with Crippen molar-refractivity contribution in [1.29, 1.82) is 0 Å². The molecule has 0 radical (unpaired) electrons. The van der Waals surface area contributed by atoms with Crippen molar-refractivity contribution >= 4 is 40.2 Å². The van der Waals surface area contributed by atoms with Crippen LogP contribution < -0.4 is 5.32 Å². The molecular weight excluding hydrogens is 324 g/mol. The van der Waals surface area contributed by atoms with Gasteiger partial charge in [-0.3, -0.25) is 5.32 Å². The largest absolute Gasteiger partial charge is 0.478 e. The van der Waals surface area contributed by atoms with Crippen molar-refractivity contribution in [2.24, 2.45) is 0 Å². The van der Waals surface area contributed by atoms with Crippen LogP contribution in [0.2, 0.25) is 0 Å². The molecule has 4 rings (SSSR count). The van der Waals surface area contributed by atoms with Gasteiger partial charge in [-0.2, -0.15) is 9.97 Å². The summed E-state index contributed by atoms with van der Waals surface area (Å²) < 4.78 is 37.4. The second kappa shape index (κ2) is 5.01. The van der Waals surface area contributed by atoms with E-state index in [4.69, 9.17) is 13.9 Å². The highest BCUT2D eigenvalue weighted by molar-refractivity contribution is 5.92. The van der Waals surface area contributed by atoms with Crippen molar-refractivity contribution in [1.82, 2.24) is 9.97 Å². The number of aromatic carboxylic acids is 1. The summed E-state index contributed by atoms with van der Waals surface area (Å²) in [5, 5.41) is 11.5. The minimum Gasteiger partial charge on any atom is -0.478 e. The molecule has 9 heteroatoms. The highest BCUT2D eigenvalue weighted by Gasteiger charge is 2.16. The summed E-state index contributed by atoms with van der Waals surface area (Å²) in [4.78, 5) is 18.9. The fraction of sp³-hybridized carbons (Fsp3) is 0. The Morgan fingerprint density at radius 3 is 2.38 bits per heavy atom. The quantitative estimate of drug-likeness (QED) is 0.590. The summed E-state index contributed by atoms with van der Waals surface area (Å²) >= 11 is 0. The molecule has 24 heavy (non-hydrogen) atoms. The standard InChI is InChI=1S/C15H7F2N3O4/c16-6-1-2-11-9(3-6)18-14(23-11)20-15-19-10-4-7(13(21)22)8(17)5-12(10)24-15/h1-5H,(H,21,22)(H,18,19,20). The van der Waals surface area contributed by atoms with E-state index in [0.717, 1.165) is 12.1 Å². The molecule has 4 aromatic rings. The Hall–Kier alpha value is -3.49. The van der Waals surface area contributed by atoms with Gasteiger partial charge < -0.3 is 13.9 Å². The van der Waals surface area contributed by atoms with Crippen molar-refractivity contribution < 1.29 is 27.5 Å². The molecule has 0 aliphatic heterocycles. The van der Waals surface area contributed by atoms with E-state index in [2.05, 4.69) is 15.3 Å². The van der Waals surface area contributed by atoms with Crippen molar-refractivity contribution in [3.8, 4) is 0 Å². The summed E-state index contributed by atoms with van der Waals surface area (Å²) in [6, 6.07) is 5.77. The van der Waals surface area contributed by atoms with Gasteiger partial charge in [0.1, 0.15) is 22.7 Å². The SMILES string of the molecule is O=C(O)c1cc2nc(Nc3nc4cc(F)ccc4o3)oc2cc1F. The summed E-state index contributed by atoms with van der Waals surface area (Å²) in [6.07, 6.45) is 0. The van der Waals surface area contributed by atoms with Crippen LogP contribution in [0, 0.1) is 11.6 Å². The third kappa shape index (κ3) is 2.32. The molecule has 0 saturated heterocycles. The molecule has 0 bridgehead atoms. The van der Waals surface area contributed by atoms with E-state index in [9.17, 15) is 13.6 Å². The van der Waals surface area contributed by atoms with Crippen molar-refractivity contribution in [3.05, 3.63) is 47.5 Å². The van der Waals surface area contributed by atoms with Gasteiger partial charge in [0.05, 0.1) is 5.56 Å². The van der Waals surface area contributed by atoms with E-state index in [0.29, 0.717) is 11.1 Å². The maximum atomic E-state index is 13.6. The Morgan fingerprint density at radius 1 is 1.00 bits per heavy atom. The van der Waals surface area contributed by atoms with E-state index >= 15 is 0 Å². The van der Waals surface area contributed by atoms with Gasteiger partial charge in [0.15, 0.2) is 11.2 Å². The van der Waals surface area contributed by atoms with Crippen LogP contribution in [-0.4, -0.2) is 21.0 Å². The number of aromatic nitrogens is 2. The lowest BCUT2D eigenvalue weighted by atomic mass is 10.2. The number of benzene rings is 2. The lowest BCUT2D eigenvalue weighted by Crippen LogP contribution is -1.99. The van der Waals surface area contributed by atoms with Crippen LogP contribution in [0.5, 0.6) is 0 Å². The van der Waals surface area contributed by atoms with E-state index < -0.39 is 23.2 Å². The average Bonchev–Trinajstić information content (AvgIpc) is 3.08. The second-order valence-corrected chi connectivity index (χ2v) is 4.88. The summed E-state index contributed by atoms with van der Waals surface area (Å²) in [5.74, 6) is -2.80. The highest BCUT2D eigenvalue weighted by atomic mass is 19.1. The minimum absolute atomic E-state index is 0.00101. The van der Waals surface area contributed by atoms with Gasteiger partial charge in [-0.05, 0) is 18.2 Å². The Kier molecular flexibility index (Phi) is 2.95. The molecule has 0 aliphatic rings. The third-order valence-electron chi connectivity index (χ3n) is 3.27. The Balaban J connectivity index is 1.71. The average molecular weight is 331 g/mol. The molecule has 2 aromatic carbocycles. The number of hydrogen-bond acceptors (Lipinski definition) is 6. The number of carboxylic acid groups (broad SMARTS) is 1. The molecule has 0 atom stereocenters. The monoisotopic (exact) mass is 331 g/mol. The van der Waals surface area contributed by atoms with Crippen LogP contribution in [0.1, 0.15) is 10.4 Å². The lowest BCUT2D eigenvalue weighted by molar-refractivity contribution is 0.0692. The number of oxazole rings is 2. The van der Waals surface area contributed by atoms with Crippen molar-refractivity contribution in [2.45, 2.75) is 0 Å². The summed E-state index contributed by atoms with van der Waals surface area (Å²) in [5.41, 5.74) is 0.349. The topological polar surface area (TPSA) is 101 Å². The predicted molar refractivity (Wildman–Crippen MR) is 78.2 cm³/mol.